The Bertz CT molecular complexity index is 1510. The van der Waals surface area contributed by atoms with Gasteiger partial charge in [-0.2, -0.15) is 10.2 Å². The Morgan fingerprint density at radius 2 is 2.09 bits per heavy atom. The third-order valence-electron chi connectivity index (χ3n) is 6.41. The fourth-order valence-corrected chi connectivity index (χ4v) is 4.66. The summed E-state index contributed by atoms with van der Waals surface area (Å²) >= 11 is 0. The summed E-state index contributed by atoms with van der Waals surface area (Å²) in [7, 11) is 3.96. The fraction of sp³-hybridized carbons (Fsp3) is 0.250. The Hall–Kier alpha value is -4.14. The second-order valence-corrected chi connectivity index (χ2v) is 8.66. The van der Waals surface area contributed by atoms with Crippen LogP contribution >= 0.6 is 0 Å². The van der Waals surface area contributed by atoms with E-state index >= 15 is 0 Å². The van der Waals surface area contributed by atoms with Gasteiger partial charge in [0.15, 0.2) is 0 Å². The van der Waals surface area contributed by atoms with Crippen molar-refractivity contribution in [3.05, 3.63) is 83.5 Å². The SMILES string of the molecule is Cc1cccc2cc([C@@H]3c4nc[nH]c4CCN3C(=O)c3cnn4cc(N(C)C)ccc34)nn12. The molecule has 0 unspecified atom stereocenters. The van der Waals surface area contributed by atoms with Gasteiger partial charge in [0.05, 0.1) is 52.4 Å². The molecule has 0 radical (unpaired) electrons. The van der Waals surface area contributed by atoms with Gasteiger partial charge in [0.25, 0.3) is 5.91 Å². The van der Waals surface area contributed by atoms with E-state index in [1.165, 1.54) is 0 Å². The molecule has 6 heterocycles. The number of nitrogens with zero attached hydrogens (tertiary/aromatic N) is 7. The van der Waals surface area contributed by atoms with Gasteiger partial charge in [-0.25, -0.2) is 14.0 Å². The Morgan fingerprint density at radius 3 is 2.91 bits per heavy atom. The zero-order valence-corrected chi connectivity index (χ0v) is 18.7. The topological polar surface area (TPSA) is 86.8 Å². The van der Waals surface area contributed by atoms with Crippen molar-refractivity contribution in [2.45, 2.75) is 19.4 Å². The molecule has 1 N–H and O–H groups in total. The van der Waals surface area contributed by atoms with E-state index < -0.39 is 0 Å². The standard InChI is InChI=1S/C24H24N8O/c1-15-5-4-6-16-11-20(28-32(15)16)23-22-19(25-14-26-22)9-10-30(23)24(33)18-12-27-31-13-17(29(2)3)7-8-21(18)31/h4-8,11-14,23H,9-10H2,1-3H3,(H,25,26)/t23-/m1/s1. The largest absolute Gasteiger partial charge is 0.376 e. The van der Waals surface area contributed by atoms with Crippen LogP contribution in [0, 0.1) is 6.92 Å². The second kappa shape index (κ2) is 7.19. The molecule has 1 atom stereocenters. The normalized spacial score (nSPS) is 15.8. The maximum atomic E-state index is 13.9. The molecule has 1 aliphatic heterocycles. The lowest BCUT2D eigenvalue weighted by atomic mass is 9.98. The first kappa shape index (κ1) is 19.5. The molecule has 9 heteroatoms. The number of aryl methyl sites for hydroxylation is 1. The minimum atomic E-state index is -0.372. The number of rotatable bonds is 3. The number of fused-ring (bicyclic) bond motifs is 3. The zero-order chi connectivity index (χ0) is 22.7. The van der Waals surface area contributed by atoms with Gasteiger partial charge in [0, 0.05) is 38.4 Å². The average molecular weight is 441 g/mol. The van der Waals surface area contributed by atoms with Crippen LogP contribution in [0.1, 0.15) is 39.2 Å². The van der Waals surface area contributed by atoms with Gasteiger partial charge >= 0.3 is 0 Å². The summed E-state index contributed by atoms with van der Waals surface area (Å²) in [5, 5.41) is 9.32. The first-order valence-corrected chi connectivity index (χ1v) is 10.9. The number of hydrogen-bond donors (Lipinski definition) is 1. The minimum absolute atomic E-state index is 0.0740. The molecular weight excluding hydrogens is 416 g/mol. The molecule has 0 bridgehead atoms. The summed E-state index contributed by atoms with van der Waals surface area (Å²) in [6, 6.07) is 11.7. The molecule has 1 amide bonds. The number of pyridine rings is 2. The smallest absolute Gasteiger partial charge is 0.258 e. The molecule has 0 spiro atoms. The molecule has 0 saturated heterocycles. The van der Waals surface area contributed by atoms with E-state index in [0.717, 1.165) is 39.5 Å². The van der Waals surface area contributed by atoms with Crippen molar-refractivity contribution >= 4 is 22.6 Å². The summed E-state index contributed by atoms with van der Waals surface area (Å²) < 4.78 is 3.67. The Morgan fingerprint density at radius 1 is 1.21 bits per heavy atom. The average Bonchev–Trinajstić information content (AvgIpc) is 3.55. The molecule has 5 aromatic heterocycles. The van der Waals surface area contributed by atoms with Crippen molar-refractivity contribution in [3.63, 3.8) is 0 Å². The van der Waals surface area contributed by atoms with Crippen LogP contribution in [0.3, 0.4) is 0 Å². The van der Waals surface area contributed by atoms with Gasteiger partial charge in [-0.15, -0.1) is 0 Å². The molecule has 166 valence electrons. The van der Waals surface area contributed by atoms with Crippen molar-refractivity contribution in [1.29, 1.82) is 0 Å². The van der Waals surface area contributed by atoms with E-state index in [-0.39, 0.29) is 11.9 Å². The summed E-state index contributed by atoms with van der Waals surface area (Å²) in [4.78, 5) is 25.6. The predicted octanol–water partition coefficient (Wildman–Crippen LogP) is 2.87. The number of H-pyrrole nitrogens is 1. The number of hydrogen-bond acceptors (Lipinski definition) is 5. The van der Waals surface area contributed by atoms with Crippen molar-refractivity contribution in [1.82, 2.24) is 34.1 Å². The van der Waals surface area contributed by atoms with Gasteiger partial charge in [0.1, 0.15) is 6.04 Å². The van der Waals surface area contributed by atoms with E-state index in [2.05, 4.69) is 15.1 Å². The molecule has 1 aliphatic rings. The zero-order valence-electron chi connectivity index (χ0n) is 18.7. The third kappa shape index (κ3) is 3.00. The molecule has 0 saturated carbocycles. The maximum Gasteiger partial charge on any atom is 0.258 e. The molecule has 0 aliphatic carbocycles. The minimum Gasteiger partial charge on any atom is -0.376 e. The first-order valence-electron chi connectivity index (χ1n) is 10.9. The number of amides is 1. The number of carbonyl (C=O) groups excluding carboxylic acids is 1. The van der Waals surface area contributed by atoms with E-state index in [0.29, 0.717) is 18.5 Å². The Balaban J connectivity index is 1.46. The van der Waals surface area contributed by atoms with Crippen molar-refractivity contribution in [2.24, 2.45) is 0 Å². The van der Waals surface area contributed by atoms with Gasteiger partial charge < -0.3 is 14.8 Å². The van der Waals surface area contributed by atoms with Crippen LogP contribution in [-0.4, -0.2) is 60.6 Å². The van der Waals surface area contributed by atoms with Crippen LogP contribution < -0.4 is 4.90 Å². The van der Waals surface area contributed by atoms with Gasteiger partial charge in [-0.1, -0.05) is 6.07 Å². The van der Waals surface area contributed by atoms with Crippen LogP contribution in [0.5, 0.6) is 0 Å². The number of aromatic amines is 1. The highest BCUT2D eigenvalue weighted by Crippen LogP contribution is 2.35. The van der Waals surface area contributed by atoms with Crippen molar-refractivity contribution < 1.29 is 4.79 Å². The van der Waals surface area contributed by atoms with E-state index in [4.69, 9.17) is 5.10 Å². The van der Waals surface area contributed by atoms with Crippen molar-refractivity contribution in [3.8, 4) is 0 Å². The molecule has 0 fully saturated rings. The molecule has 0 aromatic carbocycles. The lowest BCUT2D eigenvalue weighted by molar-refractivity contribution is 0.0689. The van der Waals surface area contributed by atoms with Crippen LogP contribution in [0.4, 0.5) is 5.69 Å². The molecule has 9 nitrogen and oxygen atoms in total. The number of imidazole rings is 1. The third-order valence-corrected chi connectivity index (χ3v) is 6.41. The number of anilines is 1. The summed E-state index contributed by atoms with van der Waals surface area (Å²) in [6.45, 7) is 2.59. The van der Waals surface area contributed by atoms with Gasteiger partial charge in [-0.05, 0) is 37.3 Å². The van der Waals surface area contributed by atoms with E-state index in [1.54, 1.807) is 17.0 Å². The molecular formula is C24H24N8O. The highest BCUT2D eigenvalue weighted by Gasteiger charge is 2.37. The van der Waals surface area contributed by atoms with E-state index in [9.17, 15) is 4.79 Å². The fourth-order valence-electron chi connectivity index (χ4n) is 4.66. The highest BCUT2D eigenvalue weighted by molar-refractivity contribution is 6.01. The monoisotopic (exact) mass is 440 g/mol. The Labute approximate surface area is 190 Å². The summed E-state index contributed by atoms with van der Waals surface area (Å²) in [6.07, 6.45) is 6.00. The Kier molecular flexibility index (Phi) is 4.26. The first-order chi connectivity index (χ1) is 16.0. The van der Waals surface area contributed by atoms with Crippen LogP contribution in [0.15, 0.2) is 55.1 Å². The lowest BCUT2D eigenvalue weighted by Gasteiger charge is -2.33. The molecule has 5 aromatic rings. The number of aromatic nitrogens is 6. The number of carbonyl (C=O) groups is 1. The van der Waals surface area contributed by atoms with Crippen LogP contribution in [0.25, 0.3) is 11.0 Å². The van der Waals surface area contributed by atoms with Gasteiger partial charge in [-0.3, -0.25) is 4.79 Å². The lowest BCUT2D eigenvalue weighted by Crippen LogP contribution is -2.41. The highest BCUT2D eigenvalue weighted by atomic mass is 16.2. The molecule has 6 rings (SSSR count). The quantitative estimate of drug-likeness (QED) is 0.466. The van der Waals surface area contributed by atoms with Gasteiger partial charge in [0.2, 0.25) is 0 Å². The van der Waals surface area contributed by atoms with Crippen molar-refractivity contribution in [2.75, 3.05) is 25.5 Å². The second-order valence-electron chi connectivity index (χ2n) is 8.66. The van der Waals surface area contributed by atoms with Crippen LogP contribution in [0.2, 0.25) is 0 Å². The summed E-state index contributed by atoms with van der Waals surface area (Å²) in [5.74, 6) is -0.0740. The summed E-state index contributed by atoms with van der Waals surface area (Å²) in [5.41, 5.74) is 7.10. The maximum absolute atomic E-state index is 13.9. The number of nitrogens with one attached hydrogen (secondary N) is 1. The van der Waals surface area contributed by atoms with E-state index in [1.807, 2.05) is 77.9 Å². The van der Waals surface area contributed by atoms with Crippen LogP contribution in [-0.2, 0) is 6.42 Å². The molecule has 33 heavy (non-hydrogen) atoms. The predicted molar refractivity (Wildman–Crippen MR) is 125 cm³/mol.